The Morgan fingerprint density at radius 3 is 2.67 bits per heavy atom. The van der Waals surface area contributed by atoms with E-state index >= 15 is 0 Å². The number of carboxylic acid groups (broad SMARTS) is 1. The van der Waals surface area contributed by atoms with Gasteiger partial charge >= 0.3 is 6.09 Å². The monoisotopic (exact) mass is 556 g/mol. The van der Waals surface area contributed by atoms with Crippen LogP contribution in [-0.2, 0) is 4.74 Å². The van der Waals surface area contributed by atoms with Crippen LogP contribution in [0.1, 0.15) is 27.7 Å². The molecule has 9 nitrogen and oxygen atoms in total. The summed E-state index contributed by atoms with van der Waals surface area (Å²) in [5, 5.41) is 19.2. The number of amides is 1. The number of aromatic nitrogens is 3. The number of halogens is 3. The van der Waals surface area contributed by atoms with E-state index in [4.69, 9.17) is 37.4 Å². The maximum Gasteiger partial charge on any atom is 0.410 e. The lowest BCUT2D eigenvalue weighted by Gasteiger charge is -2.30. The second kappa shape index (κ2) is 10.3. The Hall–Kier alpha value is -2.73. The van der Waals surface area contributed by atoms with Crippen molar-refractivity contribution in [3.63, 3.8) is 0 Å². The first-order valence-corrected chi connectivity index (χ1v) is 12.5. The van der Waals surface area contributed by atoms with Crippen molar-refractivity contribution in [2.45, 2.75) is 45.6 Å². The van der Waals surface area contributed by atoms with Gasteiger partial charge in [-0.1, -0.05) is 34.5 Å². The summed E-state index contributed by atoms with van der Waals surface area (Å²) in [7, 11) is 0. The Bertz CT molecular complexity index is 1290. The normalized spacial score (nSPS) is 17.0. The fraction of sp³-hybridized carbons (Fsp3) is 0.391. The highest BCUT2D eigenvalue weighted by molar-refractivity contribution is 7.18. The van der Waals surface area contributed by atoms with Crippen molar-refractivity contribution in [3.05, 3.63) is 40.3 Å². The molecule has 36 heavy (non-hydrogen) atoms. The van der Waals surface area contributed by atoms with Crippen molar-refractivity contribution in [1.82, 2.24) is 20.1 Å². The number of nitrogens with zero attached hydrogens (tertiary/aromatic N) is 4. The van der Waals surface area contributed by atoms with Gasteiger partial charge in [-0.05, 0) is 39.8 Å². The van der Waals surface area contributed by atoms with Crippen molar-refractivity contribution in [2.24, 2.45) is 0 Å². The molecule has 0 aliphatic carbocycles. The van der Waals surface area contributed by atoms with Crippen LogP contribution in [0.4, 0.5) is 9.18 Å². The molecule has 1 aliphatic rings. The maximum absolute atomic E-state index is 14.9. The third kappa shape index (κ3) is 5.49. The highest BCUT2D eigenvalue weighted by Gasteiger charge is 2.44. The Balaban J connectivity index is 1.51. The minimum atomic E-state index is -1.15. The van der Waals surface area contributed by atoms with Crippen LogP contribution in [0.5, 0.6) is 11.6 Å². The van der Waals surface area contributed by atoms with E-state index in [1.54, 1.807) is 26.1 Å². The Morgan fingerprint density at radius 1 is 1.28 bits per heavy atom. The number of hydrogen-bond acceptors (Lipinski definition) is 8. The predicted molar refractivity (Wildman–Crippen MR) is 133 cm³/mol. The van der Waals surface area contributed by atoms with Gasteiger partial charge in [0.25, 0.3) is 0 Å². The van der Waals surface area contributed by atoms with E-state index in [-0.39, 0.29) is 30.1 Å². The smallest absolute Gasteiger partial charge is 0.410 e. The topological polar surface area (TPSA) is 107 Å². The van der Waals surface area contributed by atoms with Crippen LogP contribution < -0.4 is 9.47 Å². The lowest BCUT2D eigenvalue weighted by atomic mass is 10.2. The molecule has 4 rings (SSSR count). The summed E-state index contributed by atoms with van der Waals surface area (Å²) in [6.07, 6.45) is 0.347. The molecule has 2 aromatic heterocycles. The first kappa shape index (κ1) is 26.3. The Morgan fingerprint density at radius 2 is 2.00 bits per heavy atom. The van der Waals surface area contributed by atoms with E-state index < -0.39 is 23.7 Å². The number of hydrogen-bond donors (Lipinski definition) is 1. The van der Waals surface area contributed by atoms with E-state index in [1.165, 1.54) is 23.5 Å². The van der Waals surface area contributed by atoms with Crippen LogP contribution in [0.2, 0.25) is 10.0 Å². The van der Waals surface area contributed by atoms with Gasteiger partial charge in [-0.2, -0.15) is 0 Å². The summed E-state index contributed by atoms with van der Waals surface area (Å²) in [6.45, 7) is 7.05. The largest absolute Gasteiger partial charge is 0.488 e. The zero-order valence-corrected chi connectivity index (χ0v) is 22.1. The fourth-order valence-corrected chi connectivity index (χ4v) is 5.05. The molecule has 0 radical (unpaired) electrons. The molecule has 0 saturated carbocycles. The molecule has 1 aliphatic heterocycles. The van der Waals surface area contributed by atoms with Crippen molar-refractivity contribution in [2.75, 3.05) is 13.2 Å². The van der Waals surface area contributed by atoms with Crippen LogP contribution in [-0.4, -0.2) is 62.4 Å². The molecule has 1 aromatic carbocycles. The van der Waals surface area contributed by atoms with Gasteiger partial charge in [0.05, 0.1) is 23.8 Å². The molecule has 1 saturated heterocycles. The summed E-state index contributed by atoms with van der Waals surface area (Å²) < 4.78 is 31.6. The van der Waals surface area contributed by atoms with Crippen LogP contribution in [0.3, 0.4) is 0 Å². The first-order chi connectivity index (χ1) is 17.0. The van der Waals surface area contributed by atoms with Gasteiger partial charge < -0.3 is 19.3 Å². The average molecular weight is 557 g/mol. The highest BCUT2D eigenvalue weighted by Crippen LogP contribution is 2.38. The molecule has 1 unspecified atom stereocenters. The van der Waals surface area contributed by atoms with Gasteiger partial charge in [0.15, 0.2) is 11.6 Å². The minimum absolute atomic E-state index is 0.0765. The van der Waals surface area contributed by atoms with E-state index in [2.05, 4.69) is 15.2 Å². The quantitative estimate of drug-likeness (QED) is 0.378. The summed E-state index contributed by atoms with van der Waals surface area (Å²) >= 11 is 13.9. The molecule has 1 atom stereocenters. The zero-order chi connectivity index (χ0) is 26.2. The van der Waals surface area contributed by atoms with Crippen LogP contribution >= 0.6 is 34.5 Å². The van der Waals surface area contributed by atoms with Crippen molar-refractivity contribution >= 4 is 40.6 Å². The second-order valence-corrected chi connectivity index (χ2v) is 10.5. The summed E-state index contributed by atoms with van der Waals surface area (Å²) in [5.74, 6) is -0.466. The third-order valence-electron chi connectivity index (χ3n) is 5.29. The summed E-state index contributed by atoms with van der Waals surface area (Å²) in [5.41, 5.74) is -0.0422. The molecule has 0 spiro atoms. The minimum Gasteiger partial charge on any atom is -0.488 e. The van der Waals surface area contributed by atoms with Crippen molar-refractivity contribution < 1.29 is 28.5 Å². The van der Waals surface area contributed by atoms with E-state index in [1.807, 2.05) is 13.8 Å². The van der Waals surface area contributed by atoms with Crippen molar-refractivity contribution in [1.29, 1.82) is 0 Å². The van der Waals surface area contributed by atoms with Crippen molar-refractivity contribution in [3.8, 4) is 32.8 Å². The van der Waals surface area contributed by atoms with E-state index in [9.17, 15) is 14.3 Å². The van der Waals surface area contributed by atoms with Gasteiger partial charge in [-0.25, -0.2) is 14.2 Å². The molecule has 3 aromatic rings. The lowest BCUT2D eigenvalue weighted by Crippen LogP contribution is -2.49. The molecule has 192 valence electrons. The molecule has 0 bridgehead atoms. The highest BCUT2D eigenvalue weighted by atomic mass is 35.5. The summed E-state index contributed by atoms with van der Waals surface area (Å²) in [6, 6.07) is 3.61. The number of rotatable bonds is 7. The van der Waals surface area contributed by atoms with Crippen LogP contribution in [0, 0.1) is 5.82 Å². The van der Waals surface area contributed by atoms with Gasteiger partial charge in [0.2, 0.25) is 5.88 Å². The van der Waals surface area contributed by atoms with E-state index in [0.717, 1.165) is 4.90 Å². The Labute approximate surface area is 220 Å². The second-order valence-electron chi connectivity index (χ2n) is 8.73. The van der Waals surface area contributed by atoms with Gasteiger partial charge in [0, 0.05) is 23.4 Å². The average Bonchev–Trinajstić information content (AvgIpc) is 3.39. The summed E-state index contributed by atoms with van der Waals surface area (Å²) in [4.78, 5) is 17.0. The number of pyridine rings is 1. The SMILES string of the molecule is CC(C)Oc1ncc(-c2nnc(-c3cc(F)c(OCC4COC(C)(C)N4C(=O)O)cc3Cl)s2)cc1Cl. The van der Waals surface area contributed by atoms with Crippen LogP contribution in [0.15, 0.2) is 24.4 Å². The Kier molecular flexibility index (Phi) is 7.56. The fourth-order valence-electron chi connectivity index (χ4n) is 3.68. The van der Waals surface area contributed by atoms with Gasteiger partial charge in [0.1, 0.15) is 27.4 Å². The molecule has 13 heteroatoms. The third-order valence-corrected chi connectivity index (χ3v) is 6.88. The maximum atomic E-state index is 14.9. The number of carbonyl (C=O) groups is 1. The molecular weight excluding hydrogens is 534 g/mol. The standard InChI is InChI=1S/C23H23Cl2FN4O5S/c1-11(2)35-19-16(25)5-12(8-27-19)20-28-29-21(36-20)14-6-17(26)18(7-15(14)24)33-9-13-10-34-23(3,4)30(13)22(31)32/h5-8,11,13H,9-10H2,1-4H3,(H,31,32). The molecule has 3 heterocycles. The van der Waals surface area contributed by atoms with Crippen LogP contribution in [0.25, 0.3) is 21.1 Å². The predicted octanol–water partition coefficient (Wildman–Crippen LogP) is 5.99. The number of ether oxygens (including phenoxy) is 3. The van der Waals surface area contributed by atoms with Gasteiger partial charge in [-0.3, -0.25) is 4.90 Å². The lowest BCUT2D eigenvalue weighted by molar-refractivity contribution is -0.0430. The van der Waals surface area contributed by atoms with E-state index in [0.29, 0.717) is 32.0 Å². The molecule has 1 amide bonds. The molecule has 1 N–H and O–H groups in total. The van der Waals surface area contributed by atoms with Gasteiger partial charge in [-0.15, -0.1) is 10.2 Å². The number of benzene rings is 1. The molecular formula is C23H23Cl2FN4O5S. The molecule has 1 fully saturated rings. The zero-order valence-electron chi connectivity index (χ0n) is 19.8. The first-order valence-electron chi connectivity index (χ1n) is 10.9.